The fourth-order valence-corrected chi connectivity index (χ4v) is 4.40. The molecule has 120 valence electrons. The van der Waals surface area contributed by atoms with Crippen molar-refractivity contribution in [1.29, 1.82) is 0 Å². The first-order chi connectivity index (χ1) is 9.54. The Bertz CT molecular complexity index is 290. The maximum absolute atomic E-state index is 11.7. The van der Waals surface area contributed by atoms with Gasteiger partial charge in [0, 0.05) is 26.4 Å². The molecule has 0 aliphatic heterocycles. The molecule has 0 fully saturated rings. The molecule has 0 aromatic carbocycles. The number of unbranched alkanes of at least 4 members (excludes halogenated alkanes) is 7. The van der Waals surface area contributed by atoms with Crippen molar-refractivity contribution in [3.05, 3.63) is 0 Å². The van der Waals surface area contributed by atoms with Crippen LogP contribution in [-0.2, 0) is 18.4 Å². The molecule has 0 aliphatic rings. The number of aliphatic carboxylic acids is 1. The summed E-state index contributed by atoms with van der Waals surface area (Å²) in [5.41, 5.74) is 0. The predicted octanol–water partition coefficient (Wildman–Crippen LogP) is 4.72. The molecular formula is C13H27O5PS. The van der Waals surface area contributed by atoms with Crippen LogP contribution in [0.4, 0.5) is 0 Å². The van der Waals surface area contributed by atoms with Gasteiger partial charge in [0.05, 0.1) is 0 Å². The van der Waals surface area contributed by atoms with Crippen LogP contribution in [0.15, 0.2) is 0 Å². The number of rotatable bonds is 14. The summed E-state index contributed by atoms with van der Waals surface area (Å²) in [4.78, 5) is 10.3. The minimum absolute atomic E-state index is 0.288. The van der Waals surface area contributed by atoms with Crippen molar-refractivity contribution in [2.45, 2.75) is 57.8 Å². The highest BCUT2D eigenvalue weighted by atomic mass is 32.7. The second-order valence-corrected chi connectivity index (χ2v) is 9.03. The van der Waals surface area contributed by atoms with Crippen LogP contribution in [0.5, 0.6) is 0 Å². The Balaban J connectivity index is 3.25. The molecule has 0 radical (unpaired) electrons. The third-order valence-corrected chi connectivity index (χ3v) is 7.05. The molecule has 1 N–H and O–H groups in total. The van der Waals surface area contributed by atoms with Crippen LogP contribution < -0.4 is 0 Å². The average molecular weight is 326 g/mol. The number of hydrogen-bond acceptors (Lipinski definition) is 5. The minimum Gasteiger partial charge on any atom is -0.481 e. The molecule has 5 nitrogen and oxygen atoms in total. The Morgan fingerprint density at radius 1 is 0.950 bits per heavy atom. The van der Waals surface area contributed by atoms with Gasteiger partial charge in [0.25, 0.3) is 0 Å². The van der Waals surface area contributed by atoms with Gasteiger partial charge in [-0.25, -0.2) is 4.57 Å². The van der Waals surface area contributed by atoms with Crippen molar-refractivity contribution in [3.8, 4) is 0 Å². The van der Waals surface area contributed by atoms with E-state index in [2.05, 4.69) is 0 Å². The third kappa shape index (κ3) is 11.8. The zero-order chi connectivity index (χ0) is 15.3. The Kier molecular flexibility index (Phi) is 12.7. The zero-order valence-corrected chi connectivity index (χ0v) is 14.2. The number of carboxylic acid groups (broad SMARTS) is 1. The first kappa shape index (κ1) is 20.0. The molecule has 0 rings (SSSR count). The first-order valence-electron chi connectivity index (χ1n) is 7.12. The standard InChI is InChI=1S/C13H27O5PS/c1-17-19(16,18-2)20-12-10-8-6-4-3-5-7-9-11-13(14)15/h3-12H2,1-2H3,(H,14,15). The Hall–Kier alpha value is -0.0300. The summed E-state index contributed by atoms with van der Waals surface area (Å²) in [5, 5.41) is 8.49. The smallest absolute Gasteiger partial charge is 0.388 e. The molecule has 0 saturated carbocycles. The average Bonchev–Trinajstić information content (AvgIpc) is 2.44. The molecule has 0 aliphatic carbocycles. The van der Waals surface area contributed by atoms with E-state index in [0.717, 1.165) is 37.9 Å². The molecule has 0 saturated heterocycles. The predicted molar refractivity (Wildman–Crippen MR) is 83.3 cm³/mol. The van der Waals surface area contributed by atoms with E-state index in [1.165, 1.54) is 44.9 Å². The van der Waals surface area contributed by atoms with Gasteiger partial charge < -0.3 is 14.2 Å². The highest BCUT2D eigenvalue weighted by Gasteiger charge is 2.20. The number of carboxylic acids is 1. The van der Waals surface area contributed by atoms with Crippen molar-refractivity contribution < 1.29 is 23.5 Å². The van der Waals surface area contributed by atoms with E-state index in [1.807, 2.05) is 0 Å². The molecule has 20 heavy (non-hydrogen) atoms. The van der Waals surface area contributed by atoms with Crippen LogP contribution in [0.2, 0.25) is 0 Å². The summed E-state index contributed by atoms with van der Waals surface area (Å²) in [6.45, 7) is -2.89. The quantitative estimate of drug-likeness (QED) is 0.368. The maximum Gasteiger partial charge on any atom is 0.388 e. The molecule has 7 heteroatoms. The summed E-state index contributed by atoms with van der Waals surface area (Å²) in [6.07, 6.45) is 8.86. The van der Waals surface area contributed by atoms with Gasteiger partial charge in [0.1, 0.15) is 0 Å². The van der Waals surface area contributed by atoms with E-state index in [0.29, 0.717) is 0 Å². The highest BCUT2D eigenvalue weighted by Crippen LogP contribution is 2.59. The molecule has 0 aromatic heterocycles. The van der Waals surface area contributed by atoms with E-state index in [1.54, 1.807) is 0 Å². The Morgan fingerprint density at radius 2 is 1.40 bits per heavy atom. The largest absolute Gasteiger partial charge is 0.481 e. The van der Waals surface area contributed by atoms with Crippen LogP contribution in [-0.4, -0.2) is 31.0 Å². The topological polar surface area (TPSA) is 72.8 Å². The van der Waals surface area contributed by atoms with Gasteiger partial charge in [0.15, 0.2) is 0 Å². The normalized spacial score (nSPS) is 11.7. The minimum atomic E-state index is -2.89. The van der Waals surface area contributed by atoms with Gasteiger partial charge in [-0.1, -0.05) is 38.5 Å². The number of hydrogen-bond donors (Lipinski definition) is 1. The van der Waals surface area contributed by atoms with E-state index >= 15 is 0 Å². The molecule has 0 unspecified atom stereocenters. The molecule has 0 heterocycles. The van der Waals surface area contributed by atoms with Crippen molar-refractivity contribution in [2.24, 2.45) is 0 Å². The van der Waals surface area contributed by atoms with Gasteiger partial charge in [-0.15, -0.1) is 0 Å². The second kappa shape index (κ2) is 12.7. The second-order valence-electron chi connectivity index (χ2n) is 4.62. The molecule has 0 amide bonds. The SMILES string of the molecule is COP(=O)(OC)SCCCCCCCCCCC(=O)O. The van der Waals surface area contributed by atoms with Gasteiger partial charge in [0.2, 0.25) is 0 Å². The monoisotopic (exact) mass is 326 g/mol. The lowest BCUT2D eigenvalue weighted by Crippen LogP contribution is -1.93. The van der Waals surface area contributed by atoms with Gasteiger partial charge >= 0.3 is 12.8 Å². The van der Waals surface area contributed by atoms with E-state index in [-0.39, 0.29) is 6.42 Å². The highest BCUT2D eigenvalue weighted by molar-refractivity contribution is 8.55. The lowest BCUT2D eigenvalue weighted by molar-refractivity contribution is -0.137. The molecular weight excluding hydrogens is 299 g/mol. The van der Waals surface area contributed by atoms with Gasteiger partial charge in [-0.3, -0.25) is 4.79 Å². The summed E-state index contributed by atoms with van der Waals surface area (Å²) in [5.74, 6) is 0.0873. The van der Waals surface area contributed by atoms with Crippen LogP contribution in [0.3, 0.4) is 0 Å². The fraction of sp³-hybridized carbons (Fsp3) is 0.923. The summed E-state index contributed by atoms with van der Waals surface area (Å²) >= 11 is 1.26. The molecule has 0 bridgehead atoms. The Labute approximate surface area is 126 Å². The van der Waals surface area contributed by atoms with E-state index < -0.39 is 12.8 Å². The fourth-order valence-electron chi connectivity index (χ4n) is 1.80. The zero-order valence-electron chi connectivity index (χ0n) is 12.5. The summed E-state index contributed by atoms with van der Waals surface area (Å²) in [7, 11) is 2.81. The van der Waals surface area contributed by atoms with E-state index in [4.69, 9.17) is 14.2 Å². The van der Waals surface area contributed by atoms with Crippen molar-refractivity contribution in [1.82, 2.24) is 0 Å². The molecule has 0 aromatic rings. The van der Waals surface area contributed by atoms with Crippen LogP contribution >= 0.6 is 18.2 Å². The van der Waals surface area contributed by atoms with Crippen molar-refractivity contribution >= 4 is 24.1 Å². The van der Waals surface area contributed by atoms with Crippen molar-refractivity contribution in [2.75, 3.05) is 20.0 Å². The summed E-state index contributed by atoms with van der Waals surface area (Å²) < 4.78 is 21.4. The van der Waals surface area contributed by atoms with Crippen LogP contribution in [0.1, 0.15) is 57.8 Å². The van der Waals surface area contributed by atoms with Gasteiger partial charge in [-0.05, 0) is 24.2 Å². The van der Waals surface area contributed by atoms with Crippen LogP contribution in [0, 0.1) is 0 Å². The van der Waals surface area contributed by atoms with Crippen LogP contribution in [0.25, 0.3) is 0 Å². The third-order valence-electron chi connectivity index (χ3n) is 2.98. The van der Waals surface area contributed by atoms with E-state index in [9.17, 15) is 9.36 Å². The lowest BCUT2D eigenvalue weighted by Gasteiger charge is -2.11. The number of carbonyl (C=O) groups is 1. The van der Waals surface area contributed by atoms with Gasteiger partial charge in [-0.2, -0.15) is 0 Å². The lowest BCUT2D eigenvalue weighted by atomic mass is 10.1. The molecule has 0 spiro atoms. The maximum atomic E-state index is 11.7. The Morgan fingerprint density at radius 3 is 1.85 bits per heavy atom. The first-order valence-corrected chi connectivity index (χ1v) is 10.3. The molecule has 0 atom stereocenters. The van der Waals surface area contributed by atoms with Crippen molar-refractivity contribution in [3.63, 3.8) is 0 Å². The summed E-state index contributed by atoms with van der Waals surface area (Å²) in [6, 6.07) is 0.